The Hall–Kier alpha value is -1.61. The van der Waals surface area contributed by atoms with E-state index in [0.29, 0.717) is 6.04 Å². The second kappa shape index (κ2) is 6.23. The zero-order valence-corrected chi connectivity index (χ0v) is 12.1. The molecule has 20 heavy (non-hydrogen) atoms. The summed E-state index contributed by atoms with van der Waals surface area (Å²) >= 11 is 0. The molecule has 0 spiro atoms. The number of hydrogen-bond donors (Lipinski definition) is 1. The number of imidazole rings is 1. The van der Waals surface area contributed by atoms with Crippen LogP contribution in [0.2, 0.25) is 0 Å². The minimum Gasteiger partial charge on any atom is -0.333 e. The van der Waals surface area contributed by atoms with Gasteiger partial charge in [0.1, 0.15) is 0 Å². The van der Waals surface area contributed by atoms with Crippen LogP contribution in [0.1, 0.15) is 43.5 Å². The van der Waals surface area contributed by atoms with Crippen molar-refractivity contribution in [1.82, 2.24) is 14.9 Å². The van der Waals surface area contributed by atoms with E-state index in [0.717, 1.165) is 25.4 Å². The lowest BCUT2D eigenvalue weighted by Crippen LogP contribution is -2.24. The van der Waals surface area contributed by atoms with Gasteiger partial charge in [0.05, 0.1) is 12.0 Å². The summed E-state index contributed by atoms with van der Waals surface area (Å²) in [6.45, 7) is 4.15. The number of aryl methyl sites for hydroxylation is 1. The highest BCUT2D eigenvalue weighted by Crippen LogP contribution is 2.41. The first-order valence-electron chi connectivity index (χ1n) is 7.66. The Kier molecular flexibility index (Phi) is 4.16. The third kappa shape index (κ3) is 3.10. The molecule has 0 bridgehead atoms. The largest absolute Gasteiger partial charge is 0.333 e. The molecular formula is C17H23N3. The number of rotatable bonds is 7. The molecule has 2 aromatic rings. The van der Waals surface area contributed by atoms with Gasteiger partial charge in [-0.05, 0) is 30.7 Å². The van der Waals surface area contributed by atoms with Crippen LogP contribution in [0.4, 0.5) is 0 Å². The maximum atomic E-state index is 4.27. The second-order valence-corrected chi connectivity index (χ2v) is 5.69. The molecular weight excluding hydrogens is 246 g/mol. The van der Waals surface area contributed by atoms with E-state index in [9.17, 15) is 0 Å². The van der Waals surface area contributed by atoms with E-state index in [-0.39, 0.29) is 0 Å². The van der Waals surface area contributed by atoms with Gasteiger partial charge < -0.3 is 9.88 Å². The minimum absolute atomic E-state index is 0.487. The van der Waals surface area contributed by atoms with Gasteiger partial charge in [-0.25, -0.2) is 4.98 Å². The number of nitrogens with one attached hydrogen (secondary N) is 1. The van der Waals surface area contributed by atoms with Crippen LogP contribution in [-0.2, 0) is 13.1 Å². The fraction of sp³-hybridized carbons (Fsp3) is 0.471. The fourth-order valence-corrected chi connectivity index (χ4v) is 2.80. The first-order chi connectivity index (χ1) is 9.88. The van der Waals surface area contributed by atoms with Crippen LogP contribution < -0.4 is 5.32 Å². The topological polar surface area (TPSA) is 29.9 Å². The van der Waals surface area contributed by atoms with Gasteiger partial charge in [0.25, 0.3) is 0 Å². The first kappa shape index (κ1) is 13.4. The van der Waals surface area contributed by atoms with E-state index in [1.807, 2.05) is 12.5 Å². The van der Waals surface area contributed by atoms with E-state index in [2.05, 4.69) is 52.1 Å². The van der Waals surface area contributed by atoms with Gasteiger partial charge in [0.15, 0.2) is 0 Å². The van der Waals surface area contributed by atoms with Crippen molar-refractivity contribution in [2.45, 2.75) is 45.3 Å². The van der Waals surface area contributed by atoms with Crippen LogP contribution in [0.25, 0.3) is 0 Å². The molecule has 106 valence electrons. The molecule has 3 rings (SSSR count). The molecule has 1 aromatic carbocycles. The summed E-state index contributed by atoms with van der Waals surface area (Å²) in [5.74, 6) is 0.806. The molecule has 3 nitrogen and oxygen atoms in total. The average Bonchev–Trinajstić information content (AvgIpc) is 3.22. The predicted octanol–water partition coefficient (Wildman–Crippen LogP) is 3.53. The van der Waals surface area contributed by atoms with Crippen molar-refractivity contribution in [2.75, 3.05) is 0 Å². The van der Waals surface area contributed by atoms with Crippen molar-refractivity contribution in [3.8, 4) is 0 Å². The third-order valence-corrected chi connectivity index (χ3v) is 4.02. The molecule has 1 aromatic heterocycles. The number of nitrogens with zero attached hydrogens (tertiary/aromatic N) is 2. The summed E-state index contributed by atoms with van der Waals surface area (Å²) in [5, 5.41) is 3.74. The first-order valence-corrected chi connectivity index (χ1v) is 7.66. The Morgan fingerprint density at radius 1 is 1.30 bits per heavy atom. The molecule has 1 saturated carbocycles. The summed E-state index contributed by atoms with van der Waals surface area (Å²) in [4.78, 5) is 4.27. The highest BCUT2D eigenvalue weighted by molar-refractivity contribution is 5.21. The maximum Gasteiger partial charge on any atom is 0.0948 e. The van der Waals surface area contributed by atoms with Gasteiger partial charge in [-0.3, -0.25) is 0 Å². The minimum atomic E-state index is 0.487. The summed E-state index contributed by atoms with van der Waals surface area (Å²) in [7, 11) is 0. The maximum absolute atomic E-state index is 4.27. The Labute approximate surface area is 121 Å². The second-order valence-electron chi connectivity index (χ2n) is 5.69. The van der Waals surface area contributed by atoms with Crippen molar-refractivity contribution in [1.29, 1.82) is 0 Å². The number of aromatic nitrogens is 2. The van der Waals surface area contributed by atoms with Crippen molar-refractivity contribution in [3.63, 3.8) is 0 Å². The molecule has 0 radical (unpaired) electrons. The van der Waals surface area contributed by atoms with Crippen LogP contribution in [-0.4, -0.2) is 9.55 Å². The van der Waals surface area contributed by atoms with Crippen LogP contribution in [0.15, 0.2) is 42.9 Å². The Morgan fingerprint density at radius 3 is 2.80 bits per heavy atom. The summed E-state index contributed by atoms with van der Waals surface area (Å²) in [6, 6.07) is 11.3. The Bertz CT molecular complexity index is 528. The van der Waals surface area contributed by atoms with Crippen molar-refractivity contribution < 1.29 is 0 Å². The molecule has 1 fully saturated rings. The van der Waals surface area contributed by atoms with Gasteiger partial charge in [-0.1, -0.05) is 37.3 Å². The van der Waals surface area contributed by atoms with Gasteiger partial charge in [0.2, 0.25) is 0 Å². The van der Waals surface area contributed by atoms with Crippen molar-refractivity contribution in [2.24, 2.45) is 5.92 Å². The predicted molar refractivity (Wildman–Crippen MR) is 81.3 cm³/mol. The summed E-state index contributed by atoms with van der Waals surface area (Å²) in [5.41, 5.74) is 2.70. The highest BCUT2D eigenvalue weighted by atomic mass is 15.1. The van der Waals surface area contributed by atoms with Crippen LogP contribution in [0, 0.1) is 5.92 Å². The molecule has 1 N–H and O–H groups in total. The van der Waals surface area contributed by atoms with E-state index in [4.69, 9.17) is 0 Å². The molecule has 3 heteroatoms. The smallest absolute Gasteiger partial charge is 0.0948 e. The van der Waals surface area contributed by atoms with Gasteiger partial charge >= 0.3 is 0 Å². The lowest BCUT2D eigenvalue weighted by molar-refractivity contribution is 0.467. The van der Waals surface area contributed by atoms with Gasteiger partial charge in [0, 0.05) is 25.3 Å². The van der Waals surface area contributed by atoms with E-state index in [1.54, 1.807) is 0 Å². The Balaban J connectivity index is 1.67. The monoisotopic (exact) mass is 269 g/mol. The van der Waals surface area contributed by atoms with E-state index >= 15 is 0 Å². The molecule has 1 aliphatic rings. The molecule has 0 amide bonds. The zero-order valence-electron chi connectivity index (χ0n) is 12.1. The third-order valence-electron chi connectivity index (χ3n) is 4.02. The van der Waals surface area contributed by atoms with Crippen LogP contribution in [0.5, 0.6) is 0 Å². The quantitative estimate of drug-likeness (QED) is 0.833. The molecule has 1 unspecified atom stereocenters. The van der Waals surface area contributed by atoms with Crippen LogP contribution >= 0.6 is 0 Å². The van der Waals surface area contributed by atoms with Crippen molar-refractivity contribution in [3.05, 3.63) is 54.1 Å². The SMILES string of the molecule is CCCn1cncc1CNC(c1ccccc1)C1CC1. The molecule has 1 aliphatic carbocycles. The lowest BCUT2D eigenvalue weighted by Gasteiger charge is -2.19. The number of benzene rings is 1. The molecule has 0 aliphatic heterocycles. The summed E-state index contributed by atoms with van der Waals surface area (Å²) in [6.07, 6.45) is 7.77. The highest BCUT2D eigenvalue weighted by Gasteiger charge is 2.31. The average molecular weight is 269 g/mol. The van der Waals surface area contributed by atoms with Gasteiger partial charge in [-0.2, -0.15) is 0 Å². The standard InChI is InChI=1S/C17H23N3/c1-2-10-20-13-18-11-16(20)12-19-17(15-8-9-15)14-6-4-3-5-7-14/h3-7,11,13,15,17,19H,2,8-10,12H2,1H3. The van der Waals surface area contributed by atoms with Crippen molar-refractivity contribution >= 4 is 0 Å². The normalized spacial score (nSPS) is 16.2. The molecule has 1 atom stereocenters. The zero-order chi connectivity index (χ0) is 13.8. The fourth-order valence-electron chi connectivity index (χ4n) is 2.80. The Morgan fingerprint density at radius 2 is 2.10 bits per heavy atom. The van der Waals surface area contributed by atoms with E-state index in [1.165, 1.54) is 24.1 Å². The van der Waals surface area contributed by atoms with E-state index < -0.39 is 0 Å². The van der Waals surface area contributed by atoms with Gasteiger partial charge in [-0.15, -0.1) is 0 Å². The lowest BCUT2D eigenvalue weighted by atomic mass is 10.0. The molecule has 1 heterocycles. The number of hydrogen-bond acceptors (Lipinski definition) is 2. The van der Waals surface area contributed by atoms with Crippen LogP contribution in [0.3, 0.4) is 0 Å². The molecule has 0 saturated heterocycles. The summed E-state index contributed by atoms with van der Waals surface area (Å²) < 4.78 is 2.25.